The summed E-state index contributed by atoms with van der Waals surface area (Å²) in [6.07, 6.45) is 2.38. The van der Waals surface area contributed by atoms with Gasteiger partial charge in [-0.25, -0.2) is 4.39 Å². The molecular formula is C11H8FNO. The molecule has 0 bridgehead atoms. The summed E-state index contributed by atoms with van der Waals surface area (Å²) in [5.74, 6) is -0.268. The molecule has 0 atom stereocenters. The highest BCUT2D eigenvalue weighted by Crippen LogP contribution is 2.18. The predicted octanol–water partition coefficient (Wildman–Crippen LogP) is 2.63. The molecule has 2 aromatic rings. The van der Waals surface area contributed by atoms with Crippen molar-refractivity contribution in [3.63, 3.8) is 0 Å². The number of aromatic nitrogens is 1. The molecule has 0 fully saturated rings. The van der Waals surface area contributed by atoms with Gasteiger partial charge in [0.1, 0.15) is 5.82 Å². The molecular weight excluding hydrogens is 181 g/mol. The van der Waals surface area contributed by atoms with Crippen LogP contribution in [0.1, 0.15) is 10.4 Å². The number of carbonyl (C=O) groups excluding carboxylic acids is 1. The summed E-state index contributed by atoms with van der Waals surface area (Å²) in [6, 6.07) is 7.82. The van der Waals surface area contributed by atoms with E-state index in [4.69, 9.17) is 0 Å². The Bertz CT molecular complexity index is 445. The highest BCUT2D eigenvalue weighted by atomic mass is 19.1. The van der Waals surface area contributed by atoms with Crippen molar-refractivity contribution in [1.82, 2.24) is 4.98 Å². The van der Waals surface area contributed by atoms with Crippen LogP contribution in [0.3, 0.4) is 0 Å². The fourth-order valence-corrected chi connectivity index (χ4v) is 1.28. The molecule has 1 N–H and O–H groups in total. The van der Waals surface area contributed by atoms with Crippen molar-refractivity contribution in [2.45, 2.75) is 0 Å². The lowest BCUT2D eigenvalue weighted by Gasteiger charge is -1.96. The fraction of sp³-hybridized carbons (Fsp3) is 0. The van der Waals surface area contributed by atoms with E-state index in [0.717, 1.165) is 17.5 Å². The van der Waals surface area contributed by atoms with E-state index in [2.05, 4.69) is 4.98 Å². The minimum atomic E-state index is -0.268. The quantitative estimate of drug-likeness (QED) is 0.724. The van der Waals surface area contributed by atoms with E-state index in [9.17, 15) is 9.18 Å². The molecule has 1 aromatic heterocycles. The summed E-state index contributed by atoms with van der Waals surface area (Å²) >= 11 is 0. The van der Waals surface area contributed by atoms with Crippen molar-refractivity contribution in [1.29, 1.82) is 0 Å². The Balaban J connectivity index is 2.39. The average Bonchev–Trinajstić information content (AvgIpc) is 2.67. The van der Waals surface area contributed by atoms with Gasteiger partial charge in [0.15, 0.2) is 6.29 Å². The van der Waals surface area contributed by atoms with Crippen LogP contribution in [0.15, 0.2) is 36.5 Å². The summed E-state index contributed by atoms with van der Waals surface area (Å²) in [5.41, 5.74) is 2.26. The van der Waals surface area contributed by atoms with Crippen LogP contribution >= 0.6 is 0 Å². The topological polar surface area (TPSA) is 32.9 Å². The first-order valence-corrected chi connectivity index (χ1v) is 4.19. The first-order valence-electron chi connectivity index (χ1n) is 4.19. The van der Waals surface area contributed by atoms with Gasteiger partial charge in [0.25, 0.3) is 0 Å². The number of hydrogen-bond donors (Lipinski definition) is 1. The van der Waals surface area contributed by atoms with Crippen LogP contribution in [0.5, 0.6) is 0 Å². The van der Waals surface area contributed by atoms with Gasteiger partial charge in [-0.1, -0.05) is 0 Å². The summed E-state index contributed by atoms with van der Waals surface area (Å²) in [4.78, 5) is 13.4. The lowest BCUT2D eigenvalue weighted by molar-refractivity contribution is 0.112. The Labute approximate surface area is 80.4 Å². The molecule has 0 saturated heterocycles. The number of aromatic amines is 1. The number of aldehydes is 1. The molecule has 2 rings (SSSR count). The third-order valence-electron chi connectivity index (χ3n) is 2.00. The zero-order valence-corrected chi connectivity index (χ0v) is 7.33. The van der Waals surface area contributed by atoms with Gasteiger partial charge in [0, 0.05) is 17.5 Å². The van der Waals surface area contributed by atoms with Crippen molar-refractivity contribution in [3.8, 4) is 11.3 Å². The number of nitrogens with one attached hydrogen (secondary N) is 1. The summed E-state index contributed by atoms with van der Waals surface area (Å²) < 4.78 is 12.6. The van der Waals surface area contributed by atoms with Gasteiger partial charge < -0.3 is 4.98 Å². The second-order valence-corrected chi connectivity index (χ2v) is 2.97. The third-order valence-corrected chi connectivity index (χ3v) is 2.00. The maximum absolute atomic E-state index is 12.6. The maximum Gasteiger partial charge on any atom is 0.151 e. The van der Waals surface area contributed by atoms with Crippen LogP contribution in [0.25, 0.3) is 11.3 Å². The van der Waals surface area contributed by atoms with Gasteiger partial charge in [-0.3, -0.25) is 4.79 Å². The summed E-state index contributed by atoms with van der Waals surface area (Å²) in [5, 5.41) is 0. The van der Waals surface area contributed by atoms with Crippen LogP contribution < -0.4 is 0 Å². The number of rotatable bonds is 2. The zero-order valence-electron chi connectivity index (χ0n) is 7.33. The molecule has 0 aliphatic heterocycles. The molecule has 0 unspecified atom stereocenters. The van der Waals surface area contributed by atoms with Gasteiger partial charge in [-0.05, 0) is 35.9 Å². The van der Waals surface area contributed by atoms with Crippen molar-refractivity contribution >= 4 is 6.29 Å². The van der Waals surface area contributed by atoms with Gasteiger partial charge in [-0.15, -0.1) is 0 Å². The van der Waals surface area contributed by atoms with E-state index in [1.165, 1.54) is 12.1 Å². The average molecular weight is 189 g/mol. The standard InChI is InChI=1S/C11H8FNO/c12-10-3-1-9(2-4-10)11-5-8(7-14)6-13-11/h1-7,13H. The molecule has 3 heteroatoms. The van der Waals surface area contributed by atoms with E-state index >= 15 is 0 Å². The second-order valence-electron chi connectivity index (χ2n) is 2.97. The van der Waals surface area contributed by atoms with E-state index in [0.29, 0.717) is 5.56 Å². The molecule has 0 amide bonds. The van der Waals surface area contributed by atoms with Crippen LogP contribution in [-0.4, -0.2) is 11.3 Å². The lowest BCUT2D eigenvalue weighted by atomic mass is 10.1. The smallest absolute Gasteiger partial charge is 0.151 e. The van der Waals surface area contributed by atoms with Crippen LogP contribution in [0, 0.1) is 5.82 Å². The number of carbonyl (C=O) groups is 1. The van der Waals surface area contributed by atoms with Gasteiger partial charge in [-0.2, -0.15) is 0 Å². The highest BCUT2D eigenvalue weighted by molar-refractivity contribution is 5.78. The molecule has 0 saturated carbocycles. The van der Waals surface area contributed by atoms with Crippen molar-refractivity contribution in [3.05, 3.63) is 47.9 Å². The Morgan fingerprint density at radius 3 is 2.50 bits per heavy atom. The molecule has 70 valence electrons. The van der Waals surface area contributed by atoms with Crippen molar-refractivity contribution < 1.29 is 9.18 Å². The monoisotopic (exact) mass is 189 g/mol. The van der Waals surface area contributed by atoms with E-state index in [1.807, 2.05) is 0 Å². The highest BCUT2D eigenvalue weighted by Gasteiger charge is 2.00. The molecule has 0 aliphatic rings. The van der Waals surface area contributed by atoms with Gasteiger partial charge in [0.2, 0.25) is 0 Å². The zero-order chi connectivity index (χ0) is 9.97. The van der Waals surface area contributed by atoms with Crippen molar-refractivity contribution in [2.75, 3.05) is 0 Å². The molecule has 14 heavy (non-hydrogen) atoms. The summed E-state index contributed by atoms with van der Waals surface area (Å²) in [6.45, 7) is 0. The molecule has 2 nitrogen and oxygen atoms in total. The van der Waals surface area contributed by atoms with E-state index < -0.39 is 0 Å². The maximum atomic E-state index is 12.6. The summed E-state index contributed by atoms with van der Waals surface area (Å²) in [7, 11) is 0. The minimum absolute atomic E-state index is 0.268. The molecule has 0 radical (unpaired) electrons. The molecule has 0 aliphatic carbocycles. The normalized spacial score (nSPS) is 10.1. The van der Waals surface area contributed by atoms with Gasteiger partial charge >= 0.3 is 0 Å². The number of hydrogen-bond acceptors (Lipinski definition) is 1. The number of halogens is 1. The van der Waals surface area contributed by atoms with Crippen LogP contribution in [0.2, 0.25) is 0 Å². The number of benzene rings is 1. The third kappa shape index (κ3) is 1.57. The largest absolute Gasteiger partial charge is 0.360 e. The first kappa shape index (κ1) is 8.69. The Morgan fingerprint density at radius 1 is 1.21 bits per heavy atom. The first-order chi connectivity index (χ1) is 6.79. The molecule has 1 aromatic carbocycles. The second kappa shape index (κ2) is 3.46. The van der Waals surface area contributed by atoms with Gasteiger partial charge in [0.05, 0.1) is 0 Å². The van der Waals surface area contributed by atoms with E-state index in [-0.39, 0.29) is 5.82 Å². The van der Waals surface area contributed by atoms with E-state index in [1.54, 1.807) is 24.4 Å². The van der Waals surface area contributed by atoms with Crippen LogP contribution in [-0.2, 0) is 0 Å². The van der Waals surface area contributed by atoms with Crippen LogP contribution in [0.4, 0.5) is 4.39 Å². The fourth-order valence-electron chi connectivity index (χ4n) is 1.28. The molecule has 0 spiro atoms. The Kier molecular flexibility index (Phi) is 2.14. The Morgan fingerprint density at radius 2 is 1.93 bits per heavy atom. The SMILES string of the molecule is O=Cc1c[nH]c(-c2ccc(F)cc2)c1. The molecule has 1 heterocycles. The predicted molar refractivity (Wildman–Crippen MR) is 51.6 cm³/mol. The Hall–Kier alpha value is -1.90. The lowest BCUT2D eigenvalue weighted by Crippen LogP contribution is -1.77. The minimum Gasteiger partial charge on any atom is -0.360 e. The number of H-pyrrole nitrogens is 1. The van der Waals surface area contributed by atoms with Crippen molar-refractivity contribution in [2.24, 2.45) is 0 Å².